The number of fused-ring (bicyclic) bond motifs is 14. The molecular weight excluding hydrogens is 825 g/mol. The van der Waals surface area contributed by atoms with E-state index in [1.54, 1.807) is 0 Å². The van der Waals surface area contributed by atoms with E-state index in [0.29, 0.717) is 17.6 Å². The summed E-state index contributed by atoms with van der Waals surface area (Å²) in [5.74, 6) is 1.71. The molecule has 0 spiro atoms. The average Bonchev–Trinajstić information content (AvgIpc) is 4.06. The fourth-order valence-electron chi connectivity index (χ4n) is 9.89. The molecule has 0 aliphatic rings. The summed E-state index contributed by atoms with van der Waals surface area (Å²) < 4.78 is 11.2. The first-order chi connectivity index (χ1) is 32.6. The minimum absolute atomic E-state index is 0.547. The number of thiophene rings is 1. The minimum atomic E-state index is 0.547. The SMILES string of the molecule is CCC.c1ccc2cc(-c3nc(-c4ccc5c(c4)oc4ccccc45)nc(-n4c5c(-c6ccc7c(c6)sc6ccc8ccccc8c67)cccc5c5ccc6ccccc6c54)n3)ccc2c1. The molecule has 312 valence electrons. The Balaban J connectivity index is 0.00000141. The van der Waals surface area contributed by atoms with Crippen molar-refractivity contribution in [3.63, 3.8) is 0 Å². The molecule has 0 unspecified atom stereocenters. The Labute approximate surface area is 383 Å². The summed E-state index contributed by atoms with van der Waals surface area (Å²) in [5, 5.41) is 14.1. The van der Waals surface area contributed by atoms with Crippen molar-refractivity contribution < 1.29 is 4.42 Å². The minimum Gasteiger partial charge on any atom is -0.456 e. The average molecular weight is 865 g/mol. The number of rotatable bonds is 4. The lowest BCUT2D eigenvalue weighted by Gasteiger charge is -2.14. The van der Waals surface area contributed by atoms with Crippen LogP contribution in [-0.4, -0.2) is 19.5 Å². The van der Waals surface area contributed by atoms with Crippen LogP contribution in [0.4, 0.5) is 0 Å². The Bertz CT molecular complexity index is 4250. The third-order valence-electron chi connectivity index (χ3n) is 12.8. The maximum Gasteiger partial charge on any atom is 0.238 e. The molecule has 5 nitrogen and oxygen atoms in total. The second kappa shape index (κ2) is 15.2. The standard InChI is InChI=1S/C57H32N4OS.C3H8/c1-2-13-36-30-38(21-20-33(36)10-1)55-58-56(39-24-26-44-43-16-7-8-19-48(43)62-49(44)31-39)60-57(59-55)61-53-41-15-6-4-12-35(41)22-27-46(53)45-18-9-17-42(54(45)61)37-23-28-47-51(32-37)63-50-29-25-34-11-3-5-14-40(34)52(47)50;1-3-2/h1-32H;3H2,1-2H3. The molecule has 14 rings (SSSR count). The van der Waals surface area contributed by atoms with E-state index in [4.69, 9.17) is 19.4 Å². The number of aromatic nitrogens is 4. The second-order valence-electron chi connectivity index (χ2n) is 17.1. The van der Waals surface area contributed by atoms with Gasteiger partial charge in [-0.05, 0) is 68.9 Å². The van der Waals surface area contributed by atoms with E-state index in [-0.39, 0.29) is 0 Å². The molecule has 0 amide bonds. The van der Waals surface area contributed by atoms with Crippen LogP contribution in [0.3, 0.4) is 0 Å². The maximum absolute atomic E-state index is 6.40. The van der Waals surface area contributed by atoms with E-state index in [9.17, 15) is 0 Å². The summed E-state index contributed by atoms with van der Waals surface area (Å²) in [6.45, 7) is 4.25. The zero-order valence-corrected chi connectivity index (χ0v) is 37.1. The molecule has 6 heteroatoms. The Morgan fingerprint density at radius 3 is 1.82 bits per heavy atom. The number of benzene rings is 10. The summed E-state index contributed by atoms with van der Waals surface area (Å²) in [6.07, 6.45) is 1.25. The lowest BCUT2D eigenvalue weighted by Crippen LogP contribution is -2.07. The van der Waals surface area contributed by atoms with Gasteiger partial charge in [-0.3, -0.25) is 4.57 Å². The van der Waals surface area contributed by atoms with Gasteiger partial charge in [0.25, 0.3) is 0 Å². The van der Waals surface area contributed by atoms with Gasteiger partial charge in [-0.15, -0.1) is 11.3 Å². The highest BCUT2D eigenvalue weighted by Crippen LogP contribution is 2.44. The van der Waals surface area contributed by atoms with Gasteiger partial charge < -0.3 is 4.42 Å². The molecule has 0 saturated carbocycles. The molecule has 66 heavy (non-hydrogen) atoms. The quantitative estimate of drug-likeness (QED) is 0.177. The van der Waals surface area contributed by atoms with Crippen LogP contribution in [-0.2, 0) is 0 Å². The molecule has 0 N–H and O–H groups in total. The predicted octanol–water partition coefficient (Wildman–Crippen LogP) is 17.1. The third kappa shape index (κ3) is 6.03. The highest BCUT2D eigenvalue weighted by molar-refractivity contribution is 7.26. The summed E-state index contributed by atoms with van der Waals surface area (Å²) in [6, 6.07) is 69.2. The molecule has 0 aliphatic heterocycles. The van der Waals surface area contributed by atoms with E-state index in [1.165, 1.54) is 37.4 Å². The lowest BCUT2D eigenvalue weighted by molar-refractivity contribution is 0.669. The Kier molecular flexibility index (Phi) is 8.83. The van der Waals surface area contributed by atoms with Crippen molar-refractivity contribution in [2.45, 2.75) is 20.3 Å². The first kappa shape index (κ1) is 38.3. The van der Waals surface area contributed by atoms with Crippen LogP contribution in [0, 0.1) is 0 Å². The Morgan fingerprint density at radius 1 is 0.409 bits per heavy atom. The van der Waals surface area contributed by atoms with Crippen molar-refractivity contribution in [2.24, 2.45) is 0 Å². The predicted molar refractivity (Wildman–Crippen MR) is 279 cm³/mol. The van der Waals surface area contributed by atoms with Crippen LogP contribution in [0.2, 0.25) is 0 Å². The number of hydrogen-bond acceptors (Lipinski definition) is 5. The zero-order valence-electron chi connectivity index (χ0n) is 36.3. The highest BCUT2D eigenvalue weighted by Gasteiger charge is 2.23. The van der Waals surface area contributed by atoms with Gasteiger partial charge in [-0.25, -0.2) is 4.98 Å². The Morgan fingerprint density at radius 2 is 0.985 bits per heavy atom. The zero-order chi connectivity index (χ0) is 43.9. The topological polar surface area (TPSA) is 56.7 Å². The second-order valence-corrected chi connectivity index (χ2v) is 18.1. The molecule has 0 fully saturated rings. The van der Waals surface area contributed by atoms with Gasteiger partial charge >= 0.3 is 0 Å². The van der Waals surface area contributed by atoms with Gasteiger partial charge in [0.15, 0.2) is 11.6 Å². The van der Waals surface area contributed by atoms with E-state index in [2.05, 4.69) is 194 Å². The lowest BCUT2D eigenvalue weighted by atomic mass is 9.99. The summed E-state index contributed by atoms with van der Waals surface area (Å²) in [4.78, 5) is 16.1. The van der Waals surface area contributed by atoms with Crippen molar-refractivity contribution >= 4 is 108 Å². The van der Waals surface area contributed by atoms with Crippen molar-refractivity contribution in [1.82, 2.24) is 19.5 Å². The van der Waals surface area contributed by atoms with Crippen molar-refractivity contribution in [2.75, 3.05) is 0 Å². The van der Waals surface area contributed by atoms with Crippen LogP contribution in [0.25, 0.3) is 136 Å². The van der Waals surface area contributed by atoms with Gasteiger partial charge in [-0.1, -0.05) is 178 Å². The van der Waals surface area contributed by atoms with Crippen LogP contribution in [0.5, 0.6) is 0 Å². The van der Waals surface area contributed by atoms with E-state index < -0.39 is 0 Å². The summed E-state index contributed by atoms with van der Waals surface area (Å²) >= 11 is 1.85. The number of furan rings is 1. The summed E-state index contributed by atoms with van der Waals surface area (Å²) in [7, 11) is 0. The van der Waals surface area contributed by atoms with Gasteiger partial charge in [-0.2, -0.15) is 9.97 Å². The number of para-hydroxylation sites is 2. The molecule has 10 aromatic carbocycles. The summed E-state index contributed by atoms with van der Waals surface area (Å²) in [5.41, 5.74) is 7.75. The maximum atomic E-state index is 6.40. The van der Waals surface area contributed by atoms with Crippen LogP contribution in [0.1, 0.15) is 20.3 Å². The molecule has 4 heterocycles. The normalized spacial score (nSPS) is 11.8. The number of hydrogen-bond donors (Lipinski definition) is 0. The first-order valence-corrected chi connectivity index (χ1v) is 23.4. The number of nitrogens with zero attached hydrogens (tertiary/aromatic N) is 4. The molecule has 4 aromatic heterocycles. The van der Waals surface area contributed by atoms with Crippen molar-refractivity contribution in [3.05, 3.63) is 194 Å². The van der Waals surface area contributed by atoms with Crippen LogP contribution in [0.15, 0.2) is 199 Å². The Hall–Kier alpha value is -8.19. The van der Waals surface area contributed by atoms with E-state index in [1.807, 2.05) is 29.5 Å². The molecule has 0 aliphatic carbocycles. The molecule has 0 radical (unpaired) electrons. The van der Waals surface area contributed by atoms with Gasteiger partial charge in [0.2, 0.25) is 5.95 Å². The van der Waals surface area contributed by atoms with E-state index in [0.717, 1.165) is 87.5 Å². The largest absolute Gasteiger partial charge is 0.456 e. The molecule has 0 atom stereocenters. The fraction of sp³-hybridized carbons (Fsp3) is 0.0500. The van der Waals surface area contributed by atoms with Gasteiger partial charge in [0, 0.05) is 63.8 Å². The van der Waals surface area contributed by atoms with E-state index >= 15 is 0 Å². The third-order valence-corrected chi connectivity index (χ3v) is 13.9. The van der Waals surface area contributed by atoms with Crippen molar-refractivity contribution in [3.8, 4) is 39.9 Å². The van der Waals surface area contributed by atoms with Crippen LogP contribution >= 0.6 is 11.3 Å². The monoisotopic (exact) mass is 864 g/mol. The highest BCUT2D eigenvalue weighted by atomic mass is 32.1. The molecule has 0 bridgehead atoms. The van der Waals surface area contributed by atoms with Gasteiger partial charge in [0.05, 0.1) is 11.0 Å². The first-order valence-electron chi connectivity index (χ1n) is 22.6. The smallest absolute Gasteiger partial charge is 0.238 e. The molecule has 0 saturated heterocycles. The van der Waals surface area contributed by atoms with Crippen molar-refractivity contribution in [1.29, 1.82) is 0 Å². The molecular formula is C60H40N4OS. The molecule has 14 aromatic rings. The van der Waals surface area contributed by atoms with Gasteiger partial charge in [0.1, 0.15) is 11.2 Å². The fourth-order valence-corrected chi connectivity index (χ4v) is 11.1. The van der Waals surface area contributed by atoms with Crippen LogP contribution < -0.4 is 0 Å².